The topological polar surface area (TPSA) is 66.6 Å². The quantitative estimate of drug-likeness (QED) is 0.661. The Kier molecular flexibility index (Phi) is 4.75. The van der Waals surface area contributed by atoms with Gasteiger partial charge in [0.15, 0.2) is 0 Å². The second-order valence-corrected chi connectivity index (χ2v) is 6.14. The number of nitrogens with zero attached hydrogens (tertiary/aromatic N) is 1. The Morgan fingerprint density at radius 2 is 2.32 bits per heavy atom. The van der Waals surface area contributed by atoms with Crippen molar-refractivity contribution in [3.8, 4) is 0 Å². The molecule has 2 aromatic rings. The third-order valence-electron chi connectivity index (χ3n) is 2.26. The molecule has 0 fully saturated rings. The predicted molar refractivity (Wildman–Crippen MR) is 78.3 cm³/mol. The molecule has 19 heavy (non-hydrogen) atoms. The number of furan rings is 1. The zero-order valence-corrected chi connectivity index (χ0v) is 12.5. The molecule has 2 aromatic heterocycles. The number of thiophene rings is 1. The average Bonchev–Trinajstić information content (AvgIpc) is 3.04. The maximum Gasteiger partial charge on any atom is 0.335 e. The van der Waals surface area contributed by atoms with Crippen LogP contribution < -0.4 is 10.7 Å². The van der Waals surface area contributed by atoms with Crippen LogP contribution in [0.2, 0.25) is 0 Å². The zero-order valence-electron chi connectivity index (χ0n) is 10.1. The monoisotopic (exact) mass is 341 g/mol. The summed E-state index contributed by atoms with van der Waals surface area (Å²) >= 11 is 4.94. The molecule has 0 radical (unpaired) electrons. The minimum absolute atomic E-state index is 0.331. The molecule has 0 saturated heterocycles. The van der Waals surface area contributed by atoms with Gasteiger partial charge in [-0.15, -0.1) is 11.3 Å². The van der Waals surface area contributed by atoms with E-state index in [1.165, 1.54) is 0 Å². The largest absolute Gasteiger partial charge is 0.467 e. The van der Waals surface area contributed by atoms with Crippen LogP contribution in [0.4, 0.5) is 4.79 Å². The standard InChI is InChI=1S/C12H12BrN3O2S/c1-8(10-4-5-11(13)19-10)15-16-12(17)14-7-9-3-2-6-18-9/h2-6H,7H2,1H3,(H2,14,16,17). The lowest BCUT2D eigenvalue weighted by Gasteiger charge is -2.02. The summed E-state index contributed by atoms with van der Waals surface area (Å²) < 4.78 is 6.13. The van der Waals surface area contributed by atoms with E-state index >= 15 is 0 Å². The Bertz CT molecular complexity index is 578. The van der Waals surface area contributed by atoms with Gasteiger partial charge in [-0.1, -0.05) is 0 Å². The lowest BCUT2D eigenvalue weighted by molar-refractivity contribution is 0.240. The molecule has 0 aliphatic heterocycles. The van der Waals surface area contributed by atoms with Gasteiger partial charge in [0.05, 0.1) is 27.2 Å². The number of hydrogen-bond donors (Lipinski definition) is 2. The molecule has 7 heteroatoms. The van der Waals surface area contributed by atoms with Crippen molar-refractivity contribution in [2.45, 2.75) is 13.5 Å². The molecule has 0 saturated carbocycles. The van der Waals surface area contributed by atoms with Gasteiger partial charge in [0.1, 0.15) is 5.76 Å². The predicted octanol–water partition coefficient (Wildman–Crippen LogP) is 3.33. The lowest BCUT2D eigenvalue weighted by atomic mass is 10.3. The first kappa shape index (κ1) is 13.8. The Morgan fingerprint density at radius 1 is 1.47 bits per heavy atom. The summed E-state index contributed by atoms with van der Waals surface area (Å²) in [6.07, 6.45) is 1.56. The third-order valence-corrected chi connectivity index (χ3v) is 3.99. The number of hydrazone groups is 1. The fourth-order valence-corrected chi connectivity index (χ4v) is 2.65. The molecule has 2 rings (SSSR count). The number of hydrogen-bond acceptors (Lipinski definition) is 4. The number of carbonyl (C=O) groups is 1. The molecule has 2 amide bonds. The van der Waals surface area contributed by atoms with Crippen LogP contribution in [0.25, 0.3) is 0 Å². The molecule has 2 heterocycles. The zero-order chi connectivity index (χ0) is 13.7. The van der Waals surface area contributed by atoms with Crippen LogP contribution in [-0.2, 0) is 6.54 Å². The van der Waals surface area contributed by atoms with E-state index in [9.17, 15) is 4.79 Å². The van der Waals surface area contributed by atoms with E-state index in [0.29, 0.717) is 12.3 Å². The second-order valence-electron chi connectivity index (χ2n) is 3.67. The smallest absolute Gasteiger partial charge is 0.335 e. The molecular formula is C12H12BrN3O2S. The number of rotatable bonds is 4. The molecule has 0 unspecified atom stereocenters. The Morgan fingerprint density at radius 3 is 2.95 bits per heavy atom. The van der Waals surface area contributed by atoms with E-state index in [4.69, 9.17) is 4.42 Å². The number of nitrogens with one attached hydrogen (secondary N) is 2. The summed E-state index contributed by atoms with van der Waals surface area (Å²) in [5, 5.41) is 6.66. The first-order chi connectivity index (χ1) is 9.15. The van der Waals surface area contributed by atoms with Crippen molar-refractivity contribution in [2.75, 3.05) is 0 Å². The fourth-order valence-electron chi connectivity index (χ4n) is 1.32. The highest BCUT2D eigenvalue weighted by molar-refractivity contribution is 9.11. The number of halogens is 1. The molecule has 0 aliphatic carbocycles. The molecule has 0 atom stereocenters. The minimum atomic E-state index is -0.369. The van der Waals surface area contributed by atoms with Crippen LogP contribution >= 0.6 is 27.3 Å². The molecule has 2 N–H and O–H groups in total. The van der Waals surface area contributed by atoms with E-state index in [2.05, 4.69) is 31.8 Å². The van der Waals surface area contributed by atoms with Gasteiger partial charge in [-0.3, -0.25) is 0 Å². The third kappa shape index (κ3) is 4.22. The molecule has 0 aromatic carbocycles. The maximum atomic E-state index is 11.5. The molecular weight excluding hydrogens is 330 g/mol. The van der Waals surface area contributed by atoms with Crippen LogP contribution in [0, 0.1) is 0 Å². The summed E-state index contributed by atoms with van der Waals surface area (Å²) in [5.41, 5.74) is 3.19. The summed E-state index contributed by atoms with van der Waals surface area (Å²) in [7, 11) is 0. The van der Waals surface area contributed by atoms with Crippen LogP contribution in [0.3, 0.4) is 0 Å². The van der Waals surface area contributed by atoms with Gasteiger partial charge in [0, 0.05) is 0 Å². The average molecular weight is 342 g/mol. The molecule has 5 nitrogen and oxygen atoms in total. The highest BCUT2D eigenvalue weighted by Gasteiger charge is 2.03. The van der Waals surface area contributed by atoms with E-state index in [1.807, 2.05) is 19.1 Å². The van der Waals surface area contributed by atoms with Gasteiger partial charge in [0.2, 0.25) is 0 Å². The fraction of sp³-hybridized carbons (Fsp3) is 0.167. The SMILES string of the molecule is CC(=NNC(=O)NCc1ccco1)c1ccc(Br)s1. The summed E-state index contributed by atoms with van der Waals surface area (Å²) in [4.78, 5) is 12.5. The summed E-state index contributed by atoms with van der Waals surface area (Å²) in [6.45, 7) is 2.17. The van der Waals surface area contributed by atoms with Crippen molar-refractivity contribution in [2.24, 2.45) is 5.10 Å². The Balaban J connectivity index is 1.82. The van der Waals surface area contributed by atoms with E-state index in [1.54, 1.807) is 29.7 Å². The van der Waals surface area contributed by atoms with Gasteiger partial charge in [-0.2, -0.15) is 5.10 Å². The number of urea groups is 1. The first-order valence-corrected chi connectivity index (χ1v) is 7.12. The van der Waals surface area contributed by atoms with Crippen LogP contribution in [0.5, 0.6) is 0 Å². The highest BCUT2D eigenvalue weighted by Crippen LogP contribution is 2.22. The van der Waals surface area contributed by atoms with Crippen LogP contribution in [0.15, 0.2) is 43.8 Å². The van der Waals surface area contributed by atoms with Crippen molar-refractivity contribution < 1.29 is 9.21 Å². The normalized spacial score (nSPS) is 11.4. The van der Waals surface area contributed by atoms with E-state index < -0.39 is 0 Å². The van der Waals surface area contributed by atoms with Crippen molar-refractivity contribution in [3.63, 3.8) is 0 Å². The number of amides is 2. The van der Waals surface area contributed by atoms with Crippen LogP contribution in [0.1, 0.15) is 17.6 Å². The lowest BCUT2D eigenvalue weighted by Crippen LogP contribution is -2.32. The Labute approximate surface area is 122 Å². The summed E-state index contributed by atoms with van der Waals surface area (Å²) in [6, 6.07) is 7.07. The summed E-state index contributed by atoms with van der Waals surface area (Å²) in [5.74, 6) is 0.693. The van der Waals surface area contributed by atoms with Gasteiger partial charge >= 0.3 is 6.03 Å². The maximum absolute atomic E-state index is 11.5. The van der Waals surface area contributed by atoms with Crippen molar-refractivity contribution >= 4 is 39.0 Å². The molecule has 100 valence electrons. The van der Waals surface area contributed by atoms with Crippen molar-refractivity contribution in [1.29, 1.82) is 0 Å². The van der Waals surface area contributed by atoms with Crippen molar-refractivity contribution in [1.82, 2.24) is 10.7 Å². The van der Waals surface area contributed by atoms with Crippen LogP contribution in [-0.4, -0.2) is 11.7 Å². The first-order valence-electron chi connectivity index (χ1n) is 5.51. The van der Waals surface area contributed by atoms with Gasteiger partial charge in [-0.25, -0.2) is 10.2 Å². The molecule has 0 bridgehead atoms. The van der Waals surface area contributed by atoms with E-state index in [0.717, 1.165) is 14.4 Å². The van der Waals surface area contributed by atoms with E-state index in [-0.39, 0.29) is 6.03 Å². The van der Waals surface area contributed by atoms with Gasteiger partial charge in [-0.05, 0) is 47.1 Å². The number of carbonyl (C=O) groups excluding carboxylic acids is 1. The molecule has 0 aliphatic rings. The van der Waals surface area contributed by atoms with Gasteiger partial charge in [0.25, 0.3) is 0 Å². The Hall–Kier alpha value is -1.60. The highest BCUT2D eigenvalue weighted by atomic mass is 79.9. The van der Waals surface area contributed by atoms with Gasteiger partial charge < -0.3 is 9.73 Å². The molecule has 0 spiro atoms. The second kappa shape index (κ2) is 6.53. The van der Waals surface area contributed by atoms with Crippen molar-refractivity contribution in [3.05, 3.63) is 45.0 Å². The minimum Gasteiger partial charge on any atom is -0.467 e.